The Morgan fingerprint density at radius 1 is 1.52 bits per heavy atom. The maximum atomic E-state index is 12.0. The van der Waals surface area contributed by atoms with E-state index in [2.05, 4.69) is 17.3 Å². The van der Waals surface area contributed by atoms with Gasteiger partial charge in [0.1, 0.15) is 0 Å². The van der Waals surface area contributed by atoms with Gasteiger partial charge in [0.05, 0.1) is 0 Å². The number of carbonyl (C=O) groups is 1. The lowest BCUT2D eigenvalue weighted by atomic mass is 10.1. The van der Waals surface area contributed by atoms with Gasteiger partial charge in [-0.05, 0) is 56.8 Å². The Labute approximate surface area is 131 Å². The van der Waals surface area contributed by atoms with E-state index >= 15 is 0 Å². The Hall–Kier alpha value is -1.20. The van der Waals surface area contributed by atoms with E-state index in [9.17, 15) is 4.79 Å². The number of rotatable bonds is 6. The zero-order valence-corrected chi connectivity index (χ0v) is 13.7. The molecule has 116 valence electrons. The van der Waals surface area contributed by atoms with E-state index in [4.69, 9.17) is 5.73 Å². The third kappa shape index (κ3) is 4.64. The summed E-state index contributed by atoms with van der Waals surface area (Å²) in [4.78, 5) is 14.4. The summed E-state index contributed by atoms with van der Waals surface area (Å²) in [7, 11) is 2.16. The molecule has 1 amide bonds. The maximum absolute atomic E-state index is 12.0. The maximum Gasteiger partial charge on any atom is 0.224 e. The molecule has 0 aromatic heterocycles. The second kappa shape index (κ2) is 7.71. The van der Waals surface area contributed by atoms with E-state index in [-0.39, 0.29) is 5.91 Å². The number of hydrogen-bond acceptors (Lipinski definition) is 4. The third-order valence-electron chi connectivity index (χ3n) is 4.09. The molecular formula is C16H25N3OS. The Morgan fingerprint density at radius 2 is 2.33 bits per heavy atom. The zero-order valence-electron chi connectivity index (χ0n) is 12.9. The van der Waals surface area contributed by atoms with Gasteiger partial charge in [0.15, 0.2) is 0 Å². The van der Waals surface area contributed by atoms with Crippen molar-refractivity contribution < 1.29 is 4.79 Å². The van der Waals surface area contributed by atoms with E-state index < -0.39 is 0 Å². The lowest BCUT2D eigenvalue weighted by molar-refractivity contribution is -0.116. The van der Waals surface area contributed by atoms with E-state index in [1.165, 1.54) is 17.9 Å². The Morgan fingerprint density at radius 3 is 3.05 bits per heavy atom. The molecule has 1 aliphatic rings. The molecule has 0 saturated carbocycles. The number of carbonyl (C=O) groups excluding carboxylic acids is 1. The van der Waals surface area contributed by atoms with Crippen LogP contribution in [0, 0.1) is 6.92 Å². The van der Waals surface area contributed by atoms with Crippen molar-refractivity contribution in [2.45, 2.75) is 32.2 Å². The van der Waals surface area contributed by atoms with Crippen LogP contribution in [0.15, 0.2) is 18.2 Å². The summed E-state index contributed by atoms with van der Waals surface area (Å²) in [5.41, 5.74) is 8.32. The van der Waals surface area contributed by atoms with Crippen molar-refractivity contribution >= 4 is 29.0 Å². The fraction of sp³-hybridized carbons (Fsp3) is 0.562. The van der Waals surface area contributed by atoms with Crippen molar-refractivity contribution in [2.75, 3.05) is 36.1 Å². The molecule has 3 N–H and O–H groups in total. The highest BCUT2D eigenvalue weighted by atomic mass is 32.2. The van der Waals surface area contributed by atoms with Crippen LogP contribution in [0.3, 0.4) is 0 Å². The van der Waals surface area contributed by atoms with Crippen molar-refractivity contribution in [2.24, 2.45) is 0 Å². The minimum absolute atomic E-state index is 0.0675. The molecule has 1 aromatic carbocycles. The van der Waals surface area contributed by atoms with E-state index in [0.717, 1.165) is 24.2 Å². The topological polar surface area (TPSA) is 58.4 Å². The highest BCUT2D eigenvalue weighted by Gasteiger charge is 2.19. The number of nitrogen functional groups attached to an aromatic ring is 1. The van der Waals surface area contributed by atoms with Crippen LogP contribution in [0.2, 0.25) is 0 Å². The minimum Gasteiger partial charge on any atom is -0.398 e. The standard InChI is InChI=1S/C16H25N3OS/c1-12-14(17)5-3-6-15(12)18-16(20)7-4-9-19(2)13-8-10-21-11-13/h3,5-6,13H,4,7-11,17H2,1-2H3,(H,18,20). The molecule has 4 nitrogen and oxygen atoms in total. The van der Waals surface area contributed by atoms with Crippen LogP contribution < -0.4 is 11.1 Å². The average Bonchev–Trinajstić information content (AvgIpc) is 2.98. The number of nitrogens with one attached hydrogen (secondary N) is 1. The predicted octanol–water partition coefficient (Wildman–Crippen LogP) is 2.73. The van der Waals surface area contributed by atoms with Crippen molar-refractivity contribution in [3.8, 4) is 0 Å². The van der Waals surface area contributed by atoms with E-state index in [1.54, 1.807) is 0 Å². The van der Waals surface area contributed by atoms with Gasteiger partial charge in [-0.25, -0.2) is 0 Å². The molecular weight excluding hydrogens is 282 g/mol. The lowest BCUT2D eigenvalue weighted by Crippen LogP contribution is -2.32. The second-order valence-electron chi connectivity index (χ2n) is 5.67. The van der Waals surface area contributed by atoms with Gasteiger partial charge in [-0.1, -0.05) is 6.07 Å². The predicted molar refractivity (Wildman–Crippen MR) is 91.8 cm³/mol. The van der Waals surface area contributed by atoms with Gasteiger partial charge in [0.25, 0.3) is 0 Å². The number of anilines is 2. The molecule has 0 bridgehead atoms. The van der Waals surface area contributed by atoms with Gasteiger partial charge >= 0.3 is 0 Å². The van der Waals surface area contributed by atoms with Gasteiger partial charge < -0.3 is 16.0 Å². The molecule has 1 aromatic rings. The number of amides is 1. The SMILES string of the molecule is Cc1c(N)cccc1NC(=O)CCCN(C)C1CCSC1. The van der Waals surface area contributed by atoms with Crippen LogP contribution in [0.1, 0.15) is 24.8 Å². The third-order valence-corrected chi connectivity index (χ3v) is 5.24. The lowest BCUT2D eigenvalue weighted by Gasteiger charge is -2.23. The average molecular weight is 307 g/mol. The first-order valence-corrected chi connectivity index (χ1v) is 8.66. The van der Waals surface area contributed by atoms with Gasteiger partial charge in [-0.15, -0.1) is 0 Å². The number of hydrogen-bond donors (Lipinski definition) is 2. The largest absolute Gasteiger partial charge is 0.398 e. The van der Waals surface area contributed by atoms with Crippen molar-refractivity contribution in [1.29, 1.82) is 0 Å². The summed E-state index contributed by atoms with van der Waals surface area (Å²) in [5, 5.41) is 2.95. The molecule has 0 aliphatic carbocycles. The fourth-order valence-corrected chi connectivity index (χ4v) is 3.84. The minimum atomic E-state index is 0.0675. The number of nitrogens with two attached hydrogens (primary N) is 1. The molecule has 5 heteroatoms. The summed E-state index contributed by atoms with van der Waals surface area (Å²) < 4.78 is 0. The molecule has 1 saturated heterocycles. The Balaban J connectivity index is 1.73. The smallest absolute Gasteiger partial charge is 0.224 e. The molecule has 1 heterocycles. The van der Waals surface area contributed by atoms with Crippen LogP contribution >= 0.6 is 11.8 Å². The summed E-state index contributed by atoms with van der Waals surface area (Å²) in [6, 6.07) is 6.29. The number of benzene rings is 1. The van der Waals surface area contributed by atoms with Crippen LogP contribution in [0.4, 0.5) is 11.4 Å². The van der Waals surface area contributed by atoms with E-state index in [0.29, 0.717) is 18.2 Å². The van der Waals surface area contributed by atoms with Crippen LogP contribution in [0.5, 0.6) is 0 Å². The molecule has 1 unspecified atom stereocenters. The van der Waals surface area contributed by atoms with Gasteiger partial charge in [-0.2, -0.15) is 11.8 Å². The summed E-state index contributed by atoms with van der Waals surface area (Å²) in [6.07, 6.45) is 2.72. The highest BCUT2D eigenvalue weighted by Crippen LogP contribution is 2.22. The van der Waals surface area contributed by atoms with Gasteiger partial charge in [-0.3, -0.25) is 4.79 Å². The quantitative estimate of drug-likeness (QED) is 0.793. The molecule has 0 spiro atoms. The normalized spacial score (nSPS) is 18.1. The van der Waals surface area contributed by atoms with Crippen LogP contribution in [0.25, 0.3) is 0 Å². The summed E-state index contributed by atoms with van der Waals surface area (Å²) in [5.74, 6) is 2.56. The number of nitrogens with zero attached hydrogens (tertiary/aromatic N) is 1. The Kier molecular flexibility index (Phi) is 5.94. The number of thioether (sulfide) groups is 1. The van der Waals surface area contributed by atoms with E-state index in [1.807, 2.05) is 36.9 Å². The summed E-state index contributed by atoms with van der Waals surface area (Å²) in [6.45, 7) is 2.91. The summed E-state index contributed by atoms with van der Waals surface area (Å²) >= 11 is 2.02. The first-order chi connectivity index (χ1) is 10.1. The molecule has 21 heavy (non-hydrogen) atoms. The monoisotopic (exact) mass is 307 g/mol. The first kappa shape index (κ1) is 16.2. The van der Waals surface area contributed by atoms with Crippen molar-refractivity contribution in [1.82, 2.24) is 4.90 Å². The molecule has 2 rings (SSSR count). The molecule has 0 radical (unpaired) electrons. The van der Waals surface area contributed by atoms with Gasteiger partial charge in [0, 0.05) is 29.6 Å². The highest BCUT2D eigenvalue weighted by molar-refractivity contribution is 7.99. The molecule has 1 aliphatic heterocycles. The zero-order chi connectivity index (χ0) is 15.2. The van der Waals surface area contributed by atoms with Gasteiger partial charge in [0.2, 0.25) is 5.91 Å². The van der Waals surface area contributed by atoms with Crippen LogP contribution in [-0.2, 0) is 4.79 Å². The van der Waals surface area contributed by atoms with Crippen LogP contribution in [-0.4, -0.2) is 41.9 Å². The molecule has 1 atom stereocenters. The molecule has 1 fully saturated rings. The Bertz CT molecular complexity index is 486. The van der Waals surface area contributed by atoms with Crippen molar-refractivity contribution in [3.63, 3.8) is 0 Å². The first-order valence-electron chi connectivity index (χ1n) is 7.51. The second-order valence-corrected chi connectivity index (χ2v) is 6.82. The fourth-order valence-electron chi connectivity index (χ4n) is 2.54. The van der Waals surface area contributed by atoms with Crippen molar-refractivity contribution in [3.05, 3.63) is 23.8 Å².